The van der Waals surface area contributed by atoms with E-state index < -0.39 is 10.1 Å². The van der Waals surface area contributed by atoms with E-state index in [1.807, 2.05) is 0 Å². The van der Waals surface area contributed by atoms with Gasteiger partial charge in [-0.15, -0.1) is 0 Å². The molecule has 1 aliphatic heterocycles. The molecule has 96 valence electrons. The average molecular weight is 253 g/mol. The summed E-state index contributed by atoms with van der Waals surface area (Å²) in [5, 5.41) is 3.25. The number of rotatable bonds is 1. The Hall–Kier alpha value is -0.660. The van der Waals surface area contributed by atoms with Crippen molar-refractivity contribution in [3.05, 3.63) is 0 Å². The Kier molecular flexibility index (Phi) is 6.54. The van der Waals surface area contributed by atoms with Crippen molar-refractivity contribution in [1.29, 1.82) is 0 Å². The number of esters is 1. The van der Waals surface area contributed by atoms with Crippen molar-refractivity contribution < 1.29 is 22.5 Å². The first-order chi connectivity index (χ1) is 7.24. The van der Waals surface area contributed by atoms with Crippen molar-refractivity contribution in [2.45, 2.75) is 25.8 Å². The third-order valence-corrected chi connectivity index (χ3v) is 2.20. The van der Waals surface area contributed by atoms with Gasteiger partial charge in [0.05, 0.1) is 19.3 Å². The summed E-state index contributed by atoms with van der Waals surface area (Å²) < 4.78 is 30.5. The highest BCUT2D eigenvalue weighted by molar-refractivity contribution is 7.85. The molecular weight excluding hydrogens is 234 g/mol. The van der Waals surface area contributed by atoms with E-state index >= 15 is 0 Å². The Labute approximate surface area is 96.1 Å². The first-order valence-corrected chi connectivity index (χ1v) is 6.82. The molecule has 2 unspecified atom stereocenters. The van der Waals surface area contributed by atoms with E-state index in [2.05, 4.69) is 17.0 Å². The lowest BCUT2D eigenvalue weighted by molar-refractivity contribution is -0.146. The predicted octanol–water partition coefficient (Wildman–Crippen LogP) is 0.0515. The van der Waals surface area contributed by atoms with Crippen molar-refractivity contribution >= 4 is 16.1 Å². The Morgan fingerprint density at radius 1 is 1.44 bits per heavy atom. The van der Waals surface area contributed by atoms with Crippen LogP contribution in [0.25, 0.3) is 0 Å². The van der Waals surface area contributed by atoms with Crippen LogP contribution in [-0.4, -0.2) is 44.9 Å². The summed E-state index contributed by atoms with van der Waals surface area (Å²) >= 11 is 0. The normalized spacial score (nSPS) is 25.2. The topological polar surface area (TPSA) is 92.7 Å². The molecule has 0 bridgehead atoms. The minimum absolute atomic E-state index is 0.0793. The molecule has 1 rings (SSSR count). The molecule has 7 heteroatoms. The van der Waals surface area contributed by atoms with Gasteiger partial charge in [-0.3, -0.25) is 9.35 Å². The van der Waals surface area contributed by atoms with Gasteiger partial charge in [0.2, 0.25) is 0 Å². The molecule has 0 aromatic carbocycles. The van der Waals surface area contributed by atoms with E-state index in [9.17, 15) is 13.2 Å². The van der Waals surface area contributed by atoms with Crippen molar-refractivity contribution in [3.8, 4) is 0 Å². The summed E-state index contributed by atoms with van der Waals surface area (Å²) in [5.41, 5.74) is 0. The van der Waals surface area contributed by atoms with Gasteiger partial charge >= 0.3 is 5.97 Å². The lowest BCUT2D eigenvalue weighted by Gasteiger charge is -2.25. The number of nitrogens with one attached hydrogen (secondary N) is 1. The summed E-state index contributed by atoms with van der Waals surface area (Å²) in [7, 11) is -2.22. The Morgan fingerprint density at radius 2 is 1.94 bits per heavy atom. The second-order valence-electron chi connectivity index (χ2n) is 3.84. The third-order valence-electron chi connectivity index (χ3n) is 2.20. The lowest BCUT2D eigenvalue weighted by Crippen LogP contribution is -2.40. The molecule has 2 atom stereocenters. The van der Waals surface area contributed by atoms with E-state index in [0.29, 0.717) is 12.3 Å². The quantitative estimate of drug-likeness (QED) is 0.507. The van der Waals surface area contributed by atoms with Crippen molar-refractivity contribution in [2.75, 3.05) is 19.9 Å². The lowest BCUT2D eigenvalue weighted by atomic mass is 9.96. The zero-order valence-corrected chi connectivity index (χ0v) is 10.6. The highest BCUT2D eigenvalue weighted by Gasteiger charge is 2.23. The molecule has 16 heavy (non-hydrogen) atoms. The Balaban J connectivity index is 0.000000385. The molecule has 1 aliphatic rings. The van der Waals surface area contributed by atoms with Gasteiger partial charge in [0, 0.05) is 12.6 Å². The van der Waals surface area contributed by atoms with Gasteiger partial charge in [-0.25, -0.2) is 0 Å². The van der Waals surface area contributed by atoms with Crippen LogP contribution in [0.2, 0.25) is 0 Å². The third kappa shape index (κ3) is 8.63. The van der Waals surface area contributed by atoms with Gasteiger partial charge < -0.3 is 10.1 Å². The summed E-state index contributed by atoms with van der Waals surface area (Å²) in [6.45, 7) is 2.90. The smallest absolute Gasteiger partial charge is 0.309 e. The standard InChI is InChI=1S/C8H15NO2.CH4O3S/c1-6-3-4-7(5-9-6)8(10)11-2;1-5(2,3)4/h6-7,9H,3-5H2,1-2H3;1H3,(H,2,3,4). The molecule has 0 spiro atoms. The van der Waals surface area contributed by atoms with Crippen molar-refractivity contribution in [3.63, 3.8) is 0 Å². The fourth-order valence-corrected chi connectivity index (χ4v) is 1.37. The molecule has 1 saturated heterocycles. The van der Waals surface area contributed by atoms with Gasteiger partial charge in [-0.1, -0.05) is 0 Å². The van der Waals surface area contributed by atoms with Crippen LogP contribution in [0.15, 0.2) is 0 Å². The summed E-state index contributed by atoms with van der Waals surface area (Å²) in [6, 6.07) is 0.552. The van der Waals surface area contributed by atoms with E-state index in [1.165, 1.54) is 7.11 Å². The molecule has 0 aromatic heterocycles. The van der Waals surface area contributed by atoms with Gasteiger partial charge in [-0.05, 0) is 19.8 Å². The predicted molar refractivity (Wildman–Crippen MR) is 59.7 cm³/mol. The maximum atomic E-state index is 11.0. The van der Waals surface area contributed by atoms with Crippen LogP contribution in [-0.2, 0) is 19.6 Å². The van der Waals surface area contributed by atoms with E-state index in [0.717, 1.165) is 19.4 Å². The second kappa shape index (κ2) is 6.82. The zero-order chi connectivity index (χ0) is 12.8. The largest absolute Gasteiger partial charge is 0.469 e. The van der Waals surface area contributed by atoms with Gasteiger partial charge in [0.1, 0.15) is 0 Å². The van der Waals surface area contributed by atoms with Gasteiger partial charge in [-0.2, -0.15) is 8.42 Å². The van der Waals surface area contributed by atoms with Crippen LogP contribution in [0.4, 0.5) is 0 Å². The second-order valence-corrected chi connectivity index (χ2v) is 5.31. The molecule has 2 N–H and O–H groups in total. The molecule has 1 heterocycles. The Morgan fingerprint density at radius 3 is 2.25 bits per heavy atom. The molecular formula is C9H19NO5S. The monoisotopic (exact) mass is 253 g/mol. The highest BCUT2D eigenvalue weighted by Crippen LogP contribution is 2.14. The van der Waals surface area contributed by atoms with Crippen LogP contribution >= 0.6 is 0 Å². The number of hydrogen-bond donors (Lipinski definition) is 2. The molecule has 0 amide bonds. The molecule has 0 saturated carbocycles. The summed E-state index contributed by atoms with van der Waals surface area (Å²) in [4.78, 5) is 11.0. The molecule has 1 fully saturated rings. The van der Waals surface area contributed by atoms with Crippen LogP contribution in [0, 0.1) is 5.92 Å². The molecule has 0 aliphatic carbocycles. The summed E-state index contributed by atoms with van der Waals surface area (Å²) in [6.07, 6.45) is 2.74. The van der Waals surface area contributed by atoms with Crippen LogP contribution < -0.4 is 5.32 Å². The maximum Gasteiger partial charge on any atom is 0.309 e. The maximum absolute atomic E-state index is 11.0. The van der Waals surface area contributed by atoms with E-state index in [4.69, 9.17) is 4.55 Å². The van der Waals surface area contributed by atoms with Gasteiger partial charge in [0.25, 0.3) is 10.1 Å². The average Bonchev–Trinajstić information content (AvgIpc) is 2.15. The van der Waals surface area contributed by atoms with Crippen LogP contribution in [0.5, 0.6) is 0 Å². The fraction of sp³-hybridized carbons (Fsp3) is 0.889. The minimum Gasteiger partial charge on any atom is -0.469 e. The van der Waals surface area contributed by atoms with E-state index in [-0.39, 0.29) is 11.9 Å². The Bertz CT molecular complexity index is 298. The van der Waals surface area contributed by atoms with Crippen LogP contribution in [0.3, 0.4) is 0 Å². The molecule has 0 aromatic rings. The number of piperidine rings is 1. The number of methoxy groups -OCH3 is 1. The number of ether oxygens (including phenoxy) is 1. The zero-order valence-electron chi connectivity index (χ0n) is 9.76. The number of carbonyl (C=O) groups excluding carboxylic acids is 1. The van der Waals surface area contributed by atoms with Crippen molar-refractivity contribution in [2.24, 2.45) is 5.92 Å². The first kappa shape index (κ1) is 15.3. The van der Waals surface area contributed by atoms with Gasteiger partial charge in [0.15, 0.2) is 0 Å². The highest BCUT2D eigenvalue weighted by atomic mass is 32.2. The molecule has 0 radical (unpaired) electrons. The molecule has 6 nitrogen and oxygen atoms in total. The minimum atomic E-state index is -3.67. The van der Waals surface area contributed by atoms with Crippen LogP contribution in [0.1, 0.15) is 19.8 Å². The SMILES string of the molecule is COC(=O)C1CCC(C)NC1.CS(=O)(=O)O. The number of hydrogen-bond acceptors (Lipinski definition) is 5. The number of carbonyl (C=O) groups is 1. The van der Waals surface area contributed by atoms with Crippen molar-refractivity contribution in [1.82, 2.24) is 5.32 Å². The summed E-state index contributed by atoms with van der Waals surface area (Å²) in [5.74, 6) is 0.000556. The first-order valence-electron chi connectivity index (χ1n) is 4.97. The van der Waals surface area contributed by atoms with E-state index in [1.54, 1.807) is 0 Å². The fourth-order valence-electron chi connectivity index (χ4n) is 1.37.